The largest absolute Gasteiger partial charge is 0.489 e. The van der Waals surface area contributed by atoms with Crippen LogP contribution in [-0.4, -0.2) is 21.4 Å². The Hall–Kier alpha value is -5.72. The number of aromatic nitrogens is 2. The van der Waals surface area contributed by atoms with Crippen molar-refractivity contribution in [3.8, 4) is 22.7 Å². The first kappa shape index (κ1) is 28.1. The third-order valence-corrected chi connectivity index (χ3v) is 7.67. The SMILES string of the molecule is O=C1/C(=C\c2cn(-c3ccccc3)nc2-c2cccc(OCc3ccc(Cl)cc3)c2)C(c2ccccc2)=NN1c1ccccc1. The summed E-state index contributed by atoms with van der Waals surface area (Å²) in [7, 11) is 0. The zero-order valence-electron chi connectivity index (χ0n) is 24.1. The van der Waals surface area contributed by atoms with Gasteiger partial charge in [-0.15, -0.1) is 0 Å². The van der Waals surface area contributed by atoms with Crippen molar-refractivity contribution in [1.29, 1.82) is 0 Å². The predicted octanol–water partition coefficient (Wildman–Crippen LogP) is 8.61. The number of hydrazone groups is 1. The number of ether oxygens (including phenoxy) is 1. The quantitative estimate of drug-likeness (QED) is 0.163. The molecule has 1 aromatic heterocycles. The van der Waals surface area contributed by atoms with Crippen LogP contribution in [0.2, 0.25) is 5.02 Å². The molecular weight excluding hydrogens is 580 g/mol. The van der Waals surface area contributed by atoms with Gasteiger partial charge in [0, 0.05) is 27.9 Å². The molecule has 7 heteroatoms. The maximum absolute atomic E-state index is 14.0. The van der Waals surface area contributed by atoms with Crippen LogP contribution >= 0.6 is 11.6 Å². The van der Waals surface area contributed by atoms with Gasteiger partial charge in [0.15, 0.2) is 0 Å². The molecule has 5 aromatic carbocycles. The minimum Gasteiger partial charge on any atom is -0.489 e. The van der Waals surface area contributed by atoms with Crippen LogP contribution in [0.5, 0.6) is 5.75 Å². The van der Waals surface area contributed by atoms with Gasteiger partial charge in [0.2, 0.25) is 0 Å². The first-order chi connectivity index (χ1) is 22.1. The molecule has 0 saturated carbocycles. The van der Waals surface area contributed by atoms with Gasteiger partial charge < -0.3 is 4.74 Å². The van der Waals surface area contributed by atoms with Gasteiger partial charge in [-0.2, -0.15) is 15.2 Å². The number of carbonyl (C=O) groups excluding carboxylic acids is 1. The molecule has 1 aliphatic heterocycles. The highest BCUT2D eigenvalue weighted by molar-refractivity contribution is 6.37. The Balaban J connectivity index is 1.31. The summed E-state index contributed by atoms with van der Waals surface area (Å²) < 4.78 is 7.97. The molecule has 6 aromatic rings. The molecule has 0 aliphatic carbocycles. The summed E-state index contributed by atoms with van der Waals surface area (Å²) in [6, 6.07) is 44.5. The van der Waals surface area contributed by atoms with Crippen LogP contribution < -0.4 is 9.75 Å². The number of hydrogen-bond acceptors (Lipinski definition) is 4. The fourth-order valence-corrected chi connectivity index (χ4v) is 5.29. The summed E-state index contributed by atoms with van der Waals surface area (Å²) in [5.41, 5.74) is 6.89. The molecule has 2 heterocycles. The van der Waals surface area contributed by atoms with Gasteiger partial charge in [0.05, 0.1) is 16.9 Å². The van der Waals surface area contributed by atoms with Gasteiger partial charge in [-0.05, 0) is 60.2 Å². The van der Waals surface area contributed by atoms with Crippen molar-refractivity contribution in [2.45, 2.75) is 6.61 Å². The zero-order valence-corrected chi connectivity index (χ0v) is 24.9. The number of para-hydroxylation sites is 2. The van der Waals surface area contributed by atoms with E-state index in [0.29, 0.717) is 40.0 Å². The third-order valence-electron chi connectivity index (χ3n) is 7.42. The molecule has 0 atom stereocenters. The normalized spacial score (nSPS) is 13.7. The molecule has 218 valence electrons. The van der Waals surface area contributed by atoms with Crippen molar-refractivity contribution >= 4 is 35.0 Å². The second-order valence-corrected chi connectivity index (χ2v) is 10.9. The van der Waals surface area contributed by atoms with E-state index in [9.17, 15) is 4.79 Å². The second kappa shape index (κ2) is 12.5. The lowest BCUT2D eigenvalue weighted by molar-refractivity contribution is -0.114. The highest BCUT2D eigenvalue weighted by Crippen LogP contribution is 2.32. The number of amides is 1. The molecule has 1 aliphatic rings. The van der Waals surface area contributed by atoms with Crippen LogP contribution in [0.1, 0.15) is 16.7 Å². The van der Waals surface area contributed by atoms with E-state index in [2.05, 4.69) is 0 Å². The van der Waals surface area contributed by atoms with Crippen LogP contribution in [0, 0.1) is 0 Å². The molecule has 1 amide bonds. The van der Waals surface area contributed by atoms with Gasteiger partial charge >= 0.3 is 0 Å². The molecule has 7 rings (SSSR count). The molecule has 0 fully saturated rings. The Bertz CT molecular complexity index is 2020. The third kappa shape index (κ3) is 6.05. The summed E-state index contributed by atoms with van der Waals surface area (Å²) in [6.07, 6.45) is 3.83. The lowest BCUT2D eigenvalue weighted by atomic mass is 9.99. The predicted molar refractivity (Wildman–Crippen MR) is 180 cm³/mol. The fraction of sp³-hybridized carbons (Fsp3) is 0.0263. The first-order valence-electron chi connectivity index (χ1n) is 14.5. The van der Waals surface area contributed by atoms with Gasteiger partial charge in [0.1, 0.15) is 23.8 Å². The van der Waals surface area contributed by atoms with Gasteiger partial charge in [-0.1, -0.05) is 103 Å². The Labute approximate surface area is 266 Å². The molecule has 0 N–H and O–H groups in total. The topological polar surface area (TPSA) is 59.7 Å². The number of carbonyl (C=O) groups is 1. The van der Waals surface area contributed by atoms with Crippen LogP contribution in [0.15, 0.2) is 156 Å². The molecule has 0 unspecified atom stereocenters. The Morgan fingerprint density at radius 3 is 2.07 bits per heavy atom. The summed E-state index contributed by atoms with van der Waals surface area (Å²) in [4.78, 5) is 14.0. The van der Waals surface area contributed by atoms with Crippen molar-refractivity contribution in [1.82, 2.24) is 9.78 Å². The van der Waals surface area contributed by atoms with E-state index in [-0.39, 0.29) is 5.91 Å². The monoisotopic (exact) mass is 606 g/mol. The zero-order chi connectivity index (χ0) is 30.6. The van der Waals surface area contributed by atoms with Crippen molar-refractivity contribution in [2.75, 3.05) is 5.01 Å². The summed E-state index contributed by atoms with van der Waals surface area (Å²) in [5.74, 6) is 0.493. The second-order valence-electron chi connectivity index (χ2n) is 10.5. The van der Waals surface area contributed by atoms with E-state index in [1.165, 1.54) is 5.01 Å². The van der Waals surface area contributed by atoms with E-state index in [0.717, 1.165) is 27.9 Å². The van der Waals surface area contributed by atoms with Gasteiger partial charge in [-0.3, -0.25) is 4.79 Å². The molecule has 0 bridgehead atoms. The van der Waals surface area contributed by atoms with Gasteiger partial charge in [0.25, 0.3) is 5.91 Å². The summed E-state index contributed by atoms with van der Waals surface area (Å²) >= 11 is 6.05. The number of rotatable bonds is 8. The molecule has 45 heavy (non-hydrogen) atoms. The van der Waals surface area contributed by atoms with Crippen LogP contribution in [0.25, 0.3) is 23.0 Å². The van der Waals surface area contributed by atoms with Crippen LogP contribution in [0.3, 0.4) is 0 Å². The highest BCUT2D eigenvalue weighted by Gasteiger charge is 2.32. The Kier molecular flexibility index (Phi) is 7.79. The molecule has 6 nitrogen and oxygen atoms in total. The van der Waals surface area contributed by atoms with Crippen molar-refractivity contribution in [2.24, 2.45) is 5.10 Å². The fourth-order valence-electron chi connectivity index (χ4n) is 5.16. The number of anilines is 1. The van der Waals surface area contributed by atoms with Crippen molar-refractivity contribution in [3.05, 3.63) is 173 Å². The van der Waals surface area contributed by atoms with Crippen LogP contribution in [0.4, 0.5) is 5.69 Å². The van der Waals surface area contributed by atoms with E-state index in [1.807, 2.05) is 156 Å². The Morgan fingerprint density at radius 1 is 0.711 bits per heavy atom. The van der Waals surface area contributed by atoms with Crippen molar-refractivity contribution in [3.63, 3.8) is 0 Å². The number of halogens is 1. The van der Waals surface area contributed by atoms with Gasteiger partial charge in [-0.25, -0.2) is 4.68 Å². The minimum atomic E-state index is -0.210. The molecule has 0 spiro atoms. The highest BCUT2D eigenvalue weighted by atomic mass is 35.5. The Morgan fingerprint density at radius 2 is 1.36 bits per heavy atom. The average Bonchev–Trinajstić information content (AvgIpc) is 3.67. The maximum atomic E-state index is 14.0. The van der Waals surface area contributed by atoms with E-state index in [1.54, 1.807) is 0 Å². The number of nitrogens with zero attached hydrogens (tertiary/aromatic N) is 4. The standard InChI is InChI=1S/C38H27ClN4O2/c39-31-21-19-27(20-22-31)26-45-34-18-10-13-29(23-34)36-30(25-42(40-36)32-14-6-2-7-15-32)24-35-37(28-11-4-1-5-12-28)41-43(38(35)44)33-16-8-3-9-17-33/h1-25H,26H2/b35-24-. The van der Waals surface area contributed by atoms with E-state index < -0.39 is 0 Å². The lowest BCUT2D eigenvalue weighted by Gasteiger charge is -2.11. The molecule has 0 saturated heterocycles. The molecular formula is C38H27ClN4O2. The summed E-state index contributed by atoms with van der Waals surface area (Å²) in [6.45, 7) is 0.400. The maximum Gasteiger partial charge on any atom is 0.281 e. The average molecular weight is 607 g/mol. The van der Waals surface area contributed by atoms with E-state index >= 15 is 0 Å². The first-order valence-corrected chi connectivity index (χ1v) is 14.9. The number of benzene rings is 5. The lowest BCUT2D eigenvalue weighted by Crippen LogP contribution is -2.21. The molecule has 0 radical (unpaired) electrons. The number of hydrogen-bond donors (Lipinski definition) is 0. The van der Waals surface area contributed by atoms with Crippen LogP contribution in [-0.2, 0) is 11.4 Å². The summed E-state index contributed by atoms with van der Waals surface area (Å²) in [5, 5.41) is 11.9. The smallest absolute Gasteiger partial charge is 0.281 e. The van der Waals surface area contributed by atoms with E-state index in [4.69, 9.17) is 26.5 Å². The minimum absolute atomic E-state index is 0.210. The van der Waals surface area contributed by atoms with Crippen molar-refractivity contribution < 1.29 is 9.53 Å².